The number of para-hydroxylation sites is 1. The van der Waals surface area contributed by atoms with Crippen molar-refractivity contribution in [2.75, 3.05) is 25.4 Å². The average Bonchev–Trinajstić information content (AvgIpc) is 3.01. The number of hydrogen-bond donors (Lipinski definition) is 0. The van der Waals surface area contributed by atoms with Gasteiger partial charge in [-0.05, 0) is 25.5 Å². The molecule has 1 aromatic carbocycles. The summed E-state index contributed by atoms with van der Waals surface area (Å²) in [5.74, 6) is 0.541. The molecule has 2 aromatic rings. The summed E-state index contributed by atoms with van der Waals surface area (Å²) in [6.07, 6.45) is 3.83. The fourth-order valence-corrected chi connectivity index (χ4v) is 3.54. The minimum atomic E-state index is 0.117. The normalized spacial score (nSPS) is 18.2. The van der Waals surface area contributed by atoms with E-state index in [1.165, 1.54) is 17.3 Å². The number of ether oxygens (including phenoxy) is 1. The van der Waals surface area contributed by atoms with Gasteiger partial charge in [-0.15, -0.1) is 0 Å². The molecule has 0 bridgehead atoms. The van der Waals surface area contributed by atoms with Crippen LogP contribution in [0, 0.1) is 6.92 Å². The van der Waals surface area contributed by atoms with E-state index in [-0.39, 0.29) is 12.0 Å². The largest absolute Gasteiger partial charge is 0.375 e. The van der Waals surface area contributed by atoms with Crippen LogP contribution >= 0.6 is 11.8 Å². The molecule has 0 aliphatic carbocycles. The van der Waals surface area contributed by atoms with Crippen molar-refractivity contribution in [1.29, 1.82) is 0 Å². The van der Waals surface area contributed by atoms with Crippen LogP contribution in [-0.4, -0.2) is 51.9 Å². The number of carbonyl (C=O) groups is 1. The van der Waals surface area contributed by atoms with E-state index in [9.17, 15) is 4.79 Å². The number of benzene rings is 1. The maximum absolute atomic E-state index is 12.4. The lowest BCUT2D eigenvalue weighted by Gasteiger charge is -2.31. The molecule has 122 valence electrons. The van der Waals surface area contributed by atoms with Crippen LogP contribution in [0.5, 0.6) is 0 Å². The summed E-state index contributed by atoms with van der Waals surface area (Å²) in [5, 5.41) is 0.842. The van der Waals surface area contributed by atoms with E-state index in [1.54, 1.807) is 6.20 Å². The first-order valence-electron chi connectivity index (χ1n) is 7.76. The van der Waals surface area contributed by atoms with Crippen LogP contribution in [0.3, 0.4) is 0 Å². The van der Waals surface area contributed by atoms with Gasteiger partial charge >= 0.3 is 0 Å². The highest BCUT2D eigenvalue weighted by atomic mass is 32.2. The predicted molar refractivity (Wildman–Crippen MR) is 91.0 cm³/mol. The van der Waals surface area contributed by atoms with Crippen molar-refractivity contribution in [2.45, 2.75) is 25.1 Å². The smallest absolute Gasteiger partial charge is 0.233 e. The number of aromatic nitrogens is 2. The van der Waals surface area contributed by atoms with Gasteiger partial charge in [0.15, 0.2) is 5.16 Å². The minimum Gasteiger partial charge on any atom is -0.375 e. The second-order valence-electron chi connectivity index (χ2n) is 5.68. The Morgan fingerprint density at radius 3 is 3.04 bits per heavy atom. The molecule has 1 fully saturated rings. The van der Waals surface area contributed by atoms with Gasteiger partial charge in [0.25, 0.3) is 0 Å². The first kappa shape index (κ1) is 16.1. The van der Waals surface area contributed by atoms with Crippen molar-refractivity contribution in [3.8, 4) is 5.69 Å². The molecule has 6 heteroatoms. The molecule has 0 radical (unpaired) electrons. The van der Waals surface area contributed by atoms with Crippen molar-refractivity contribution < 1.29 is 9.53 Å². The van der Waals surface area contributed by atoms with E-state index in [0.717, 1.165) is 10.8 Å². The summed E-state index contributed by atoms with van der Waals surface area (Å²) in [6, 6.07) is 8.17. The molecular weight excluding hydrogens is 310 g/mol. The highest BCUT2D eigenvalue weighted by Crippen LogP contribution is 2.23. The lowest BCUT2D eigenvalue weighted by atomic mass is 10.2. The molecule has 2 heterocycles. The van der Waals surface area contributed by atoms with Gasteiger partial charge in [-0.25, -0.2) is 4.98 Å². The molecule has 0 unspecified atom stereocenters. The zero-order valence-corrected chi connectivity index (χ0v) is 14.3. The molecule has 3 rings (SSSR count). The SMILES string of the molecule is Cc1ccccc1-n1ccnc1SCC(=O)N1CCO[C@H](C)C1. The number of hydrogen-bond acceptors (Lipinski definition) is 4. The zero-order chi connectivity index (χ0) is 16.2. The van der Waals surface area contributed by atoms with Crippen LogP contribution in [0.15, 0.2) is 41.8 Å². The number of nitrogens with zero attached hydrogens (tertiary/aromatic N) is 3. The Hall–Kier alpha value is -1.79. The van der Waals surface area contributed by atoms with Gasteiger partial charge < -0.3 is 9.64 Å². The third-order valence-corrected chi connectivity index (χ3v) is 4.85. The second-order valence-corrected chi connectivity index (χ2v) is 6.62. The molecule has 23 heavy (non-hydrogen) atoms. The van der Waals surface area contributed by atoms with E-state index in [4.69, 9.17) is 4.74 Å². The fourth-order valence-electron chi connectivity index (χ4n) is 2.68. The standard InChI is InChI=1S/C17H21N3O2S/c1-13-5-3-4-6-15(13)20-8-7-18-17(20)23-12-16(21)19-9-10-22-14(2)11-19/h3-8,14H,9-12H2,1-2H3/t14-/m1/s1. The average molecular weight is 331 g/mol. The summed E-state index contributed by atoms with van der Waals surface area (Å²) in [7, 11) is 0. The minimum absolute atomic E-state index is 0.117. The van der Waals surface area contributed by atoms with E-state index < -0.39 is 0 Å². The molecule has 1 saturated heterocycles. The van der Waals surface area contributed by atoms with Gasteiger partial charge in [-0.3, -0.25) is 9.36 Å². The van der Waals surface area contributed by atoms with Crippen molar-refractivity contribution in [1.82, 2.24) is 14.5 Å². The van der Waals surface area contributed by atoms with Crippen molar-refractivity contribution in [3.63, 3.8) is 0 Å². The Bertz CT molecular complexity index is 686. The molecule has 0 N–H and O–H groups in total. The number of morpholine rings is 1. The van der Waals surface area contributed by atoms with E-state index in [0.29, 0.717) is 25.4 Å². The van der Waals surface area contributed by atoms with Gasteiger partial charge in [-0.1, -0.05) is 30.0 Å². The van der Waals surface area contributed by atoms with E-state index in [1.807, 2.05) is 34.7 Å². The number of aryl methyl sites for hydroxylation is 1. The van der Waals surface area contributed by atoms with Crippen LogP contribution in [-0.2, 0) is 9.53 Å². The molecule has 1 aromatic heterocycles. The van der Waals surface area contributed by atoms with Crippen LogP contribution in [0.25, 0.3) is 5.69 Å². The quantitative estimate of drug-likeness (QED) is 0.808. The third-order valence-electron chi connectivity index (χ3n) is 3.90. The molecule has 0 saturated carbocycles. The molecule has 1 amide bonds. The van der Waals surface area contributed by atoms with E-state index >= 15 is 0 Å². The number of imidazole rings is 1. The van der Waals surface area contributed by atoms with Gasteiger partial charge in [0.05, 0.1) is 24.2 Å². The molecule has 1 aliphatic heterocycles. The van der Waals surface area contributed by atoms with Gasteiger partial charge in [0, 0.05) is 25.5 Å². The Kier molecular flexibility index (Phi) is 5.03. The Labute approximate surface area is 140 Å². The first-order chi connectivity index (χ1) is 11.1. The molecule has 1 atom stereocenters. The first-order valence-corrected chi connectivity index (χ1v) is 8.75. The Morgan fingerprint density at radius 1 is 1.43 bits per heavy atom. The van der Waals surface area contributed by atoms with Gasteiger partial charge in [0.2, 0.25) is 5.91 Å². The second kappa shape index (κ2) is 7.19. The predicted octanol–water partition coefficient (Wildman–Crippen LogP) is 2.52. The van der Waals surface area contributed by atoms with Crippen molar-refractivity contribution in [2.24, 2.45) is 0 Å². The van der Waals surface area contributed by atoms with Crippen LogP contribution in [0.4, 0.5) is 0 Å². The number of carbonyl (C=O) groups excluding carboxylic acids is 1. The third kappa shape index (κ3) is 3.76. The summed E-state index contributed by atoms with van der Waals surface area (Å²) in [4.78, 5) is 18.6. The fraction of sp³-hybridized carbons (Fsp3) is 0.412. The molecule has 1 aliphatic rings. The summed E-state index contributed by atoms with van der Waals surface area (Å²) in [5.41, 5.74) is 2.28. The van der Waals surface area contributed by atoms with Gasteiger partial charge in [0.1, 0.15) is 0 Å². The highest BCUT2D eigenvalue weighted by molar-refractivity contribution is 7.99. The Balaban J connectivity index is 1.67. The van der Waals surface area contributed by atoms with Crippen molar-refractivity contribution in [3.05, 3.63) is 42.2 Å². The molecule has 5 nitrogen and oxygen atoms in total. The maximum atomic E-state index is 12.4. The summed E-state index contributed by atoms with van der Waals surface area (Å²) < 4.78 is 7.52. The number of rotatable bonds is 4. The van der Waals surface area contributed by atoms with Crippen LogP contribution in [0.2, 0.25) is 0 Å². The summed E-state index contributed by atoms with van der Waals surface area (Å²) in [6.45, 7) is 6.04. The highest BCUT2D eigenvalue weighted by Gasteiger charge is 2.21. The van der Waals surface area contributed by atoms with Crippen LogP contribution < -0.4 is 0 Å². The zero-order valence-electron chi connectivity index (χ0n) is 13.4. The number of amides is 1. The monoisotopic (exact) mass is 331 g/mol. The lowest BCUT2D eigenvalue weighted by Crippen LogP contribution is -2.45. The van der Waals surface area contributed by atoms with E-state index in [2.05, 4.69) is 24.0 Å². The topological polar surface area (TPSA) is 47.4 Å². The van der Waals surface area contributed by atoms with Crippen LogP contribution in [0.1, 0.15) is 12.5 Å². The van der Waals surface area contributed by atoms with Crippen molar-refractivity contribution >= 4 is 17.7 Å². The molecule has 0 spiro atoms. The Morgan fingerprint density at radius 2 is 2.26 bits per heavy atom. The number of thioether (sulfide) groups is 1. The summed E-state index contributed by atoms with van der Waals surface area (Å²) >= 11 is 1.48. The van der Waals surface area contributed by atoms with Gasteiger partial charge in [-0.2, -0.15) is 0 Å². The molecular formula is C17H21N3O2S. The lowest BCUT2D eigenvalue weighted by molar-refractivity contribution is -0.135. The maximum Gasteiger partial charge on any atom is 0.233 e.